The van der Waals surface area contributed by atoms with Crippen LogP contribution in [0.5, 0.6) is 0 Å². The van der Waals surface area contributed by atoms with E-state index in [1.165, 1.54) is 6.07 Å². The second-order valence-electron chi connectivity index (χ2n) is 3.92. The van der Waals surface area contributed by atoms with E-state index in [9.17, 15) is 14.6 Å². The maximum absolute atomic E-state index is 13.3. The molecule has 82 valence electrons. The van der Waals surface area contributed by atoms with Crippen molar-refractivity contribution in [2.24, 2.45) is 0 Å². The van der Waals surface area contributed by atoms with Crippen LogP contribution < -0.4 is 0 Å². The fourth-order valence-electron chi connectivity index (χ4n) is 1.84. The molecule has 4 heteroatoms. The fraction of sp³-hybridized carbons (Fsp3) is 0.455. The Labute approximate surface area is 87.8 Å². The number of hydrogen-bond acceptors (Lipinski definition) is 3. The van der Waals surface area contributed by atoms with Crippen LogP contribution in [0.3, 0.4) is 0 Å². The molecule has 3 nitrogen and oxygen atoms in total. The van der Waals surface area contributed by atoms with Crippen LogP contribution in [-0.2, 0) is 6.54 Å². The van der Waals surface area contributed by atoms with Gasteiger partial charge in [0.15, 0.2) is 0 Å². The van der Waals surface area contributed by atoms with E-state index in [-0.39, 0.29) is 5.82 Å². The molecule has 0 bridgehead atoms. The Kier molecular flexibility index (Phi) is 3.00. The van der Waals surface area contributed by atoms with Crippen LogP contribution in [0.4, 0.5) is 4.39 Å². The van der Waals surface area contributed by atoms with E-state index in [0.717, 1.165) is 0 Å². The predicted molar refractivity (Wildman–Crippen MR) is 53.7 cm³/mol. The van der Waals surface area contributed by atoms with Crippen molar-refractivity contribution in [3.05, 3.63) is 35.6 Å². The Balaban J connectivity index is 2.01. The van der Waals surface area contributed by atoms with E-state index in [2.05, 4.69) is 0 Å². The molecule has 1 aromatic rings. The van der Waals surface area contributed by atoms with Crippen LogP contribution in [0.15, 0.2) is 24.3 Å². The van der Waals surface area contributed by atoms with Gasteiger partial charge in [0.1, 0.15) is 5.82 Å². The molecule has 1 aromatic carbocycles. The monoisotopic (exact) mass is 211 g/mol. The van der Waals surface area contributed by atoms with Gasteiger partial charge in [-0.1, -0.05) is 18.2 Å². The van der Waals surface area contributed by atoms with Gasteiger partial charge in [0, 0.05) is 25.2 Å². The zero-order valence-corrected chi connectivity index (χ0v) is 8.31. The third-order valence-electron chi connectivity index (χ3n) is 2.69. The molecule has 0 saturated carbocycles. The number of aliphatic hydroxyl groups is 2. The maximum atomic E-state index is 13.3. The van der Waals surface area contributed by atoms with Gasteiger partial charge >= 0.3 is 0 Å². The minimum absolute atomic E-state index is 0.242. The number of nitrogens with zero attached hydrogens (tertiary/aromatic N) is 1. The van der Waals surface area contributed by atoms with E-state index in [1.54, 1.807) is 18.2 Å². The quantitative estimate of drug-likeness (QED) is 0.742. The topological polar surface area (TPSA) is 43.7 Å². The van der Waals surface area contributed by atoms with Crippen LogP contribution in [-0.4, -0.2) is 40.4 Å². The summed E-state index contributed by atoms with van der Waals surface area (Å²) in [5.74, 6) is -0.242. The minimum Gasteiger partial charge on any atom is -0.389 e. The molecule has 1 aliphatic heterocycles. The van der Waals surface area contributed by atoms with Gasteiger partial charge in [0.2, 0.25) is 0 Å². The molecule has 1 fully saturated rings. The van der Waals surface area contributed by atoms with Crippen molar-refractivity contribution in [3.8, 4) is 0 Å². The molecule has 15 heavy (non-hydrogen) atoms. The largest absolute Gasteiger partial charge is 0.389 e. The molecule has 0 aliphatic carbocycles. The summed E-state index contributed by atoms with van der Waals surface area (Å²) in [7, 11) is 0. The van der Waals surface area contributed by atoms with Crippen molar-refractivity contribution in [1.29, 1.82) is 0 Å². The molecular weight excluding hydrogens is 197 g/mol. The summed E-state index contributed by atoms with van der Waals surface area (Å²) < 4.78 is 13.3. The first kappa shape index (κ1) is 10.5. The molecule has 1 aliphatic rings. The zero-order valence-electron chi connectivity index (χ0n) is 8.31. The molecule has 0 amide bonds. The van der Waals surface area contributed by atoms with E-state index < -0.39 is 12.2 Å². The molecule has 2 N–H and O–H groups in total. The minimum atomic E-state index is -0.711. The number of likely N-dealkylation sites (tertiary alicyclic amines) is 1. The summed E-state index contributed by atoms with van der Waals surface area (Å²) in [6.07, 6.45) is -1.42. The molecule has 2 atom stereocenters. The summed E-state index contributed by atoms with van der Waals surface area (Å²) in [6, 6.07) is 6.55. The molecule has 0 spiro atoms. The smallest absolute Gasteiger partial charge is 0.127 e. The Morgan fingerprint density at radius 3 is 2.40 bits per heavy atom. The molecule has 0 radical (unpaired) electrons. The number of β-amino-alcohol motifs (C(OH)–C–C–N with tert-alkyl or cyclic N) is 2. The number of rotatable bonds is 2. The van der Waals surface area contributed by atoms with Crippen LogP contribution in [0.25, 0.3) is 0 Å². The van der Waals surface area contributed by atoms with Crippen molar-refractivity contribution >= 4 is 0 Å². The van der Waals surface area contributed by atoms with Crippen molar-refractivity contribution < 1.29 is 14.6 Å². The zero-order chi connectivity index (χ0) is 10.8. The van der Waals surface area contributed by atoms with Gasteiger partial charge in [0.05, 0.1) is 12.2 Å². The van der Waals surface area contributed by atoms with Gasteiger partial charge in [-0.25, -0.2) is 4.39 Å². The Bertz CT molecular complexity index is 335. The summed E-state index contributed by atoms with van der Waals surface area (Å²) in [5.41, 5.74) is 0.596. The van der Waals surface area contributed by atoms with Crippen molar-refractivity contribution in [3.63, 3.8) is 0 Å². The summed E-state index contributed by atoms with van der Waals surface area (Å²) in [4.78, 5) is 1.84. The molecule has 2 rings (SSSR count). The Morgan fingerprint density at radius 2 is 1.80 bits per heavy atom. The van der Waals surface area contributed by atoms with Gasteiger partial charge in [-0.3, -0.25) is 4.90 Å². The van der Waals surface area contributed by atoms with E-state index in [1.807, 2.05) is 4.90 Å². The highest BCUT2D eigenvalue weighted by atomic mass is 19.1. The summed E-state index contributed by atoms with van der Waals surface area (Å²) in [5, 5.41) is 18.7. The normalized spacial score (nSPS) is 27.1. The SMILES string of the molecule is O[C@@H]1CN(Cc2ccccc2F)C[C@@H]1O. The van der Waals surface area contributed by atoms with Crippen molar-refractivity contribution in [2.45, 2.75) is 18.8 Å². The van der Waals surface area contributed by atoms with E-state index >= 15 is 0 Å². The first-order valence-corrected chi connectivity index (χ1v) is 4.98. The van der Waals surface area contributed by atoms with Crippen molar-refractivity contribution in [1.82, 2.24) is 4.90 Å². The van der Waals surface area contributed by atoms with Crippen LogP contribution in [0.1, 0.15) is 5.56 Å². The van der Waals surface area contributed by atoms with Crippen LogP contribution in [0, 0.1) is 5.82 Å². The average molecular weight is 211 g/mol. The predicted octanol–water partition coefficient (Wildman–Crippen LogP) is 0.363. The third-order valence-corrected chi connectivity index (χ3v) is 2.69. The lowest BCUT2D eigenvalue weighted by molar-refractivity contribution is 0.0572. The summed E-state index contributed by atoms with van der Waals surface area (Å²) in [6.45, 7) is 1.23. The van der Waals surface area contributed by atoms with Gasteiger partial charge in [-0.05, 0) is 6.07 Å². The maximum Gasteiger partial charge on any atom is 0.127 e. The van der Waals surface area contributed by atoms with E-state index in [0.29, 0.717) is 25.2 Å². The lowest BCUT2D eigenvalue weighted by atomic mass is 10.2. The highest BCUT2D eigenvalue weighted by Gasteiger charge is 2.29. The first-order valence-electron chi connectivity index (χ1n) is 4.98. The summed E-state index contributed by atoms with van der Waals surface area (Å²) >= 11 is 0. The lowest BCUT2D eigenvalue weighted by Crippen LogP contribution is -2.22. The van der Waals surface area contributed by atoms with E-state index in [4.69, 9.17) is 0 Å². The molecular formula is C11H14FNO2. The van der Waals surface area contributed by atoms with Gasteiger partial charge in [-0.15, -0.1) is 0 Å². The first-order chi connectivity index (χ1) is 7.16. The van der Waals surface area contributed by atoms with Gasteiger partial charge in [-0.2, -0.15) is 0 Å². The number of hydrogen-bond donors (Lipinski definition) is 2. The van der Waals surface area contributed by atoms with Gasteiger partial charge < -0.3 is 10.2 Å². The standard InChI is InChI=1S/C11H14FNO2/c12-9-4-2-1-3-8(9)5-13-6-10(14)11(15)7-13/h1-4,10-11,14-15H,5-7H2/t10-,11+. The highest BCUT2D eigenvalue weighted by Crippen LogP contribution is 2.15. The number of aliphatic hydroxyl groups excluding tert-OH is 2. The van der Waals surface area contributed by atoms with Gasteiger partial charge in [0.25, 0.3) is 0 Å². The van der Waals surface area contributed by atoms with Crippen molar-refractivity contribution in [2.75, 3.05) is 13.1 Å². The second kappa shape index (κ2) is 4.26. The number of halogens is 1. The second-order valence-corrected chi connectivity index (χ2v) is 3.92. The lowest BCUT2D eigenvalue weighted by Gasteiger charge is -2.14. The molecule has 0 unspecified atom stereocenters. The van der Waals surface area contributed by atoms with Crippen LogP contribution in [0.2, 0.25) is 0 Å². The van der Waals surface area contributed by atoms with Crippen LogP contribution >= 0.6 is 0 Å². The highest BCUT2D eigenvalue weighted by molar-refractivity contribution is 5.17. The third kappa shape index (κ3) is 2.34. The Hall–Kier alpha value is -0.970. The fourth-order valence-corrected chi connectivity index (χ4v) is 1.84. The average Bonchev–Trinajstić information content (AvgIpc) is 2.50. The molecule has 0 aromatic heterocycles. The molecule has 1 heterocycles. The number of benzene rings is 1. The Morgan fingerprint density at radius 1 is 1.20 bits per heavy atom. The molecule has 1 saturated heterocycles.